The summed E-state index contributed by atoms with van der Waals surface area (Å²) >= 11 is 0. The van der Waals surface area contributed by atoms with Crippen molar-refractivity contribution in [3.8, 4) is 0 Å². The van der Waals surface area contributed by atoms with E-state index < -0.39 is 6.10 Å². The topological polar surface area (TPSA) is 37.3 Å². The van der Waals surface area contributed by atoms with Gasteiger partial charge in [0.25, 0.3) is 0 Å². The minimum Gasteiger partial charge on any atom is -0.385 e. The number of rotatable bonds is 3. The molecule has 0 amide bonds. The van der Waals surface area contributed by atoms with E-state index in [1.165, 1.54) is 6.92 Å². The van der Waals surface area contributed by atoms with Crippen LogP contribution in [0.15, 0.2) is 11.6 Å². The molecule has 58 valence electrons. The third kappa shape index (κ3) is 2.31. The third-order valence-electron chi connectivity index (χ3n) is 1.43. The number of aliphatic hydroxyl groups excluding tert-OH is 1. The van der Waals surface area contributed by atoms with Gasteiger partial charge in [0, 0.05) is 0 Å². The second kappa shape index (κ2) is 4.23. The number of hydrogen-bond donors (Lipinski definition) is 1. The molecule has 1 atom stereocenters. The maximum Gasteiger partial charge on any atom is 0.186 e. The van der Waals surface area contributed by atoms with Gasteiger partial charge in [0.05, 0.1) is 0 Å². The summed E-state index contributed by atoms with van der Waals surface area (Å²) < 4.78 is 0. The number of hydrogen-bond acceptors (Lipinski definition) is 2. The molecule has 0 saturated carbocycles. The third-order valence-corrected chi connectivity index (χ3v) is 1.43. The molecule has 0 aliphatic rings. The summed E-state index contributed by atoms with van der Waals surface area (Å²) in [6, 6.07) is 0. The van der Waals surface area contributed by atoms with Crippen LogP contribution in [0.3, 0.4) is 0 Å². The molecule has 0 aliphatic heterocycles. The maximum absolute atomic E-state index is 11.0. The van der Waals surface area contributed by atoms with Gasteiger partial charge in [-0.05, 0) is 25.8 Å². The Bertz CT molecular complexity index is 145. The van der Waals surface area contributed by atoms with Gasteiger partial charge in [-0.1, -0.05) is 13.0 Å². The van der Waals surface area contributed by atoms with Crippen LogP contribution in [0.4, 0.5) is 0 Å². The summed E-state index contributed by atoms with van der Waals surface area (Å²) in [4.78, 5) is 11.0. The monoisotopic (exact) mass is 142 g/mol. The van der Waals surface area contributed by atoms with Gasteiger partial charge in [0.2, 0.25) is 0 Å². The van der Waals surface area contributed by atoms with Crippen LogP contribution in [0.2, 0.25) is 0 Å². The van der Waals surface area contributed by atoms with Crippen molar-refractivity contribution in [1.82, 2.24) is 0 Å². The number of carbonyl (C=O) groups excluding carboxylic acids is 1. The normalized spacial score (nSPS) is 15.0. The quantitative estimate of drug-likeness (QED) is 0.603. The Hall–Kier alpha value is -0.630. The average Bonchev–Trinajstić information content (AvgIpc) is 1.90. The second-order valence-electron chi connectivity index (χ2n) is 2.21. The molecular weight excluding hydrogens is 128 g/mol. The lowest BCUT2D eigenvalue weighted by atomic mass is 10.1. The molecule has 0 heterocycles. The Morgan fingerprint density at radius 1 is 1.70 bits per heavy atom. The lowest BCUT2D eigenvalue weighted by molar-refractivity contribution is -0.122. The van der Waals surface area contributed by atoms with Crippen LogP contribution in [0.25, 0.3) is 0 Å². The van der Waals surface area contributed by atoms with Crippen molar-refractivity contribution >= 4 is 5.78 Å². The molecule has 2 heteroatoms. The molecule has 0 aliphatic carbocycles. The van der Waals surface area contributed by atoms with E-state index in [-0.39, 0.29) is 5.78 Å². The van der Waals surface area contributed by atoms with Crippen molar-refractivity contribution < 1.29 is 9.90 Å². The molecule has 1 unspecified atom stereocenters. The SMILES string of the molecule is CC=C(CC)C(=O)C(C)O. The van der Waals surface area contributed by atoms with Gasteiger partial charge < -0.3 is 5.11 Å². The molecule has 0 saturated heterocycles. The molecule has 0 fully saturated rings. The van der Waals surface area contributed by atoms with Crippen molar-refractivity contribution in [2.45, 2.75) is 33.3 Å². The maximum atomic E-state index is 11.0. The second-order valence-corrected chi connectivity index (χ2v) is 2.21. The molecule has 2 nitrogen and oxygen atoms in total. The molecule has 0 bridgehead atoms. The summed E-state index contributed by atoms with van der Waals surface area (Å²) in [6.07, 6.45) is 1.58. The van der Waals surface area contributed by atoms with Crippen LogP contribution < -0.4 is 0 Å². The highest BCUT2D eigenvalue weighted by atomic mass is 16.3. The standard InChI is InChI=1S/C8H14O2/c1-4-7(5-2)8(10)6(3)9/h4,6,9H,5H2,1-3H3. The van der Waals surface area contributed by atoms with Gasteiger partial charge in [0.1, 0.15) is 6.10 Å². The minimum atomic E-state index is -0.855. The van der Waals surface area contributed by atoms with Crippen LogP contribution >= 0.6 is 0 Å². The summed E-state index contributed by atoms with van der Waals surface area (Å²) in [5.41, 5.74) is 0.704. The Kier molecular flexibility index (Phi) is 3.96. The number of allylic oxidation sites excluding steroid dienone is 1. The van der Waals surface area contributed by atoms with Gasteiger partial charge >= 0.3 is 0 Å². The summed E-state index contributed by atoms with van der Waals surface area (Å²) in [5.74, 6) is -0.162. The summed E-state index contributed by atoms with van der Waals surface area (Å²) in [6.45, 7) is 5.19. The number of Topliss-reactive ketones (excluding diaryl/α,β-unsaturated/α-hetero) is 1. The first-order valence-corrected chi connectivity index (χ1v) is 3.51. The highest BCUT2D eigenvalue weighted by Crippen LogP contribution is 2.04. The fraction of sp³-hybridized carbons (Fsp3) is 0.625. The fourth-order valence-corrected chi connectivity index (χ4v) is 0.789. The highest BCUT2D eigenvalue weighted by Gasteiger charge is 2.11. The van der Waals surface area contributed by atoms with Gasteiger partial charge in [-0.3, -0.25) is 4.79 Å². The highest BCUT2D eigenvalue weighted by molar-refractivity contribution is 5.98. The van der Waals surface area contributed by atoms with Crippen molar-refractivity contribution in [2.24, 2.45) is 0 Å². The van der Waals surface area contributed by atoms with Crippen molar-refractivity contribution in [3.63, 3.8) is 0 Å². The lowest BCUT2D eigenvalue weighted by Crippen LogP contribution is -2.17. The van der Waals surface area contributed by atoms with Crippen LogP contribution in [0.5, 0.6) is 0 Å². The van der Waals surface area contributed by atoms with E-state index in [9.17, 15) is 4.79 Å². The van der Waals surface area contributed by atoms with Crippen LogP contribution in [0.1, 0.15) is 27.2 Å². The number of carbonyl (C=O) groups is 1. The molecule has 1 N–H and O–H groups in total. The predicted molar refractivity (Wildman–Crippen MR) is 40.7 cm³/mol. The summed E-state index contributed by atoms with van der Waals surface area (Å²) in [5, 5.41) is 8.86. The Balaban J connectivity index is 4.18. The van der Waals surface area contributed by atoms with E-state index in [1.54, 1.807) is 13.0 Å². The van der Waals surface area contributed by atoms with Crippen LogP contribution in [-0.2, 0) is 4.79 Å². The Labute approximate surface area is 61.6 Å². The van der Waals surface area contributed by atoms with Gasteiger partial charge in [-0.15, -0.1) is 0 Å². The lowest BCUT2D eigenvalue weighted by Gasteiger charge is -2.04. The number of ketones is 1. The van der Waals surface area contributed by atoms with Gasteiger partial charge in [0.15, 0.2) is 5.78 Å². The average molecular weight is 142 g/mol. The Morgan fingerprint density at radius 3 is 2.30 bits per heavy atom. The van der Waals surface area contributed by atoms with Crippen molar-refractivity contribution in [3.05, 3.63) is 11.6 Å². The van der Waals surface area contributed by atoms with Crippen molar-refractivity contribution in [2.75, 3.05) is 0 Å². The molecule has 0 aromatic carbocycles. The zero-order valence-electron chi connectivity index (χ0n) is 6.72. The van der Waals surface area contributed by atoms with Gasteiger partial charge in [-0.2, -0.15) is 0 Å². The van der Waals surface area contributed by atoms with Gasteiger partial charge in [-0.25, -0.2) is 0 Å². The van der Waals surface area contributed by atoms with E-state index in [2.05, 4.69) is 0 Å². The van der Waals surface area contributed by atoms with Crippen LogP contribution in [0, 0.1) is 0 Å². The van der Waals surface area contributed by atoms with E-state index in [1.807, 2.05) is 6.92 Å². The first-order valence-electron chi connectivity index (χ1n) is 3.51. The fourth-order valence-electron chi connectivity index (χ4n) is 0.789. The summed E-state index contributed by atoms with van der Waals surface area (Å²) in [7, 11) is 0. The molecular formula is C8H14O2. The number of aliphatic hydroxyl groups is 1. The van der Waals surface area contributed by atoms with Crippen LogP contribution in [-0.4, -0.2) is 17.0 Å². The van der Waals surface area contributed by atoms with Crippen molar-refractivity contribution in [1.29, 1.82) is 0 Å². The zero-order valence-corrected chi connectivity index (χ0v) is 6.72. The van der Waals surface area contributed by atoms with E-state index in [0.717, 1.165) is 0 Å². The predicted octanol–water partition coefficient (Wildman–Crippen LogP) is 1.29. The molecule has 10 heavy (non-hydrogen) atoms. The van der Waals surface area contributed by atoms with E-state index >= 15 is 0 Å². The largest absolute Gasteiger partial charge is 0.385 e. The van der Waals surface area contributed by atoms with E-state index in [0.29, 0.717) is 12.0 Å². The minimum absolute atomic E-state index is 0.162. The molecule has 0 aromatic rings. The molecule has 0 aromatic heterocycles. The van der Waals surface area contributed by atoms with E-state index in [4.69, 9.17) is 5.11 Å². The zero-order chi connectivity index (χ0) is 8.15. The molecule has 0 spiro atoms. The first kappa shape index (κ1) is 9.37. The Morgan fingerprint density at radius 2 is 2.20 bits per heavy atom. The molecule has 0 rings (SSSR count). The smallest absolute Gasteiger partial charge is 0.186 e. The molecule has 0 radical (unpaired) electrons. The first-order chi connectivity index (χ1) is 4.63.